The fraction of sp³-hybridized carbons (Fsp3) is 0.632. The van der Waals surface area contributed by atoms with Crippen LogP contribution in [0.15, 0.2) is 12.1 Å². The van der Waals surface area contributed by atoms with E-state index in [1.54, 1.807) is 27.4 Å². The van der Waals surface area contributed by atoms with Crippen molar-refractivity contribution in [2.24, 2.45) is 0 Å². The van der Waals surface area contributed by atoms with Crippen molar-refractivity contribution in [2.75, 3.05) is 21.3 Å². The number of methoxy groups -OCH3 is 3. The van der Waals surface area contributed by atoms with Gasteiger partial charge in [-0.2, -0.15) is 0 Å². The maximum Gasteiger partial charge on any atom is 0.224 e. The second-order valence-corrected chi connectivity index (χ2v) is 6.28. The van der Waals surface area contributed by atoms with Crippen molar-refractivity contribution < 1.29 is 19.0 Å². The number of benzene rings is 1. The molecule has 1 N–H and O–H groups in total. The first-order chi connectivity index (χ1) is 11.7. The predicted molar refractivity (Wildman–Crippen MR) is 94.1 cm³/mol. The van der Waals surface area contributed by atoms with E-state index in [2.05, 4.69) is 5.32 Å². The van der Waals surface area contributed by atoms with Gasteiger partial charge in [-0.15, -0.1) is 0 Å². The molecule has 1 saturated carbocycles. The van der Waals surface area contributed by atoms with Gasteiger partial charge >= 0.3 is 0 Å². The fourth-order valence-corrected chi connectivity index (χ4v) is 3.35. The third-order valence-corrected chi connectivity index (χ3v) is 4.61. The zero-order valence-corrected chi connectivity index (χ0v) is 15.0. The van der Waals surface area contributed by atoms with Crippen LogP contribution in [0.4, 0.5) is 0 Å². The van der Waals surface area contributed by atoms with E-state index in [-0.39, 0.29) is 12.3 Å². The van der Waals surface area contributed by atoms with Gasteiger partial charge in [-0.05, 0) is 18.9 Å². The molecule has 0 saturated heterocycles. The van der Waals surface area contributed by atoms with Crippen molar-refractivity contribution in [3.05, 3.63) is 17.7 Å². The Morgan fingerprint density at radius 3 is 2.17 bits per heavy atom. The summed E-state index contributed by atoms with van der Waals surface area (Å²) in [5.74, 6) is 1.71. The highest BCUT2D eigenvalue weighted by Gasteiger charge is 2.19. The molecule has 134 valence electrons. The molecule has 0 spiro atoms. The molecule has 5 heteroatoms. The van der Waals surface area contributed by atoms with E-state index in [0.29, 0.717) is 23.3 Å². The molecule has 2 rings (SSSR count). The van der Waals surface area contributed by atoms with E-state index >= 15 is 0 Å². The summed E-state index contributed by atoms with van der Waals surface area (Å²) in [4.78, 5) is 12.5. The number of amides is 1. The van der Waals surface area contributed by atoms with E-state index in [1.165, 1.54) is 32.1 Å². The Bertz CT molecular complexity index is 536. The summed E-state index contributed by atoms with van der Waals surface area (Å²) in [6.07, 6.45) is 8.70. The SMILES string of the molecule is COc1ccc(CC(=O)NC2CCCCCCC2)c(OC)c1OC. The molecule has 1 amide bonds. The molecule has 0 atom stereocenters. The van der Waals surface area contributed by atoms with Gasteiger partial charge in [-0.25, -0.2) is 0 Å². The Morgan fingerprint density at radius 2 is 1.58 bits per heavy atom. The maximum absolute atomic E-state index is 12.5. The number of rotatable bonds is 6. The molecule has 0 aliphatic heterocycles. The van der Waals surface area contributed by atoms with E-state index in [4.69, 9.17) is 14.2 Å². The highest BCUT2D eigenvalue weighted by molar-refractivity contribution is 5.80. The summed E-state index contributed by atoms with van der Waals surface area (Å²) in [6, 6.07) is 3.96. The molecule has 1 aliphatic rings. The maximum atomic E-state index is 12.5. The molecule has 0 aromatic heterocycles. The first kappa shape index (κ1) is 18.4. The number of carbonyl (C=O) groups is 1. The molecular formula is C19H29NO4. The van der Waals surface area contributed by atoms with E-state index in [1.807, 2.05) is 6.07 Å². The van der Waals surface area contributed by atoms with Gasteiger partial charge in [0, 0.05) is 11.6 Å². The highest BCUT2D eigenvalue weighted by Crippen LogP contribution is 2.39. The standard InChI is InChI=1S/C19H29NO4/c1-22-16-12-11-14(18(23-2)19(16)24-3)13-17(21)20-15-9-7-5-4-6-8-10-15/h11-12,15H,4-10,13H2,1-3H3,(H,20,21). The van der Waals surface area contributed by atoms with Gasteiger partial charge in [0.05, 0.1) is 27.8 Å². The number of nitrogens with one attached hydrogen (secondary N) is 1. The Morgan fingerprint density at radius 1 is 0.958 bits per heavy atom. The van der Waals surface area contributed by atoms with Crippen molar-refractivity contribution in [3.8, 4) is 17.2 Å². The number of carbonyl (C=O) groups excluding carboxylic acids is 1. The van der Waals surface area contributed by atoms with Gasteiger partial charge in [-0.3, -0.25) is 4.79 Å². The second kappa shape index (κ2) is 9.40. The largest absolute Gasteiger partial charge is 0.493 e. The van der Waals surface area contributed by atoms with Gasteiger partial charge in [-0.1, -0.05) is 38.2 Å². The molecule has 1 aliphatic carbocycles. The van der Waals surface area contributed by atoms with Crippen molar-refractivity contribution >= 4 is 5.91 Å². The van der Waals surface area contributed by atoms with Crippen LogP contribution in [0.5, 0.6) is 17.2 Å². The summed E-state index contributed by atoms with van der Waals surface area (Å²) in [6.45, 7) is 0. The van der Waals surface area contributed by atoms with Gasteiger partial charge in [0.15, 0.2) is 11.5 Å². The van der Waals surface area contributed by atoms with Gasteiger partial charge < -0.3 is 19.5 Å². The van der Waals surface area contributed by atoms with Crippen LogP contribution in [0, 0.1) is 0 Å². The van der Waals surface area contributed by atoms with E-state index in [0.717, 1.165) is 18.4 Å². The van der Waals surface area contributed by atoms with Crippen LogP contribution in [0.25, 0.3) is 0 Å². The number of ether oxygens (including phenoxy) is 3. The number of hydrogen-bond donors (Lipinski definition) is 1. The van der Waals surface area contributed by atoms with Gasteiger partial charge in [0.1, 0.15) is 0 Å². The Hall–Kier alpha value is -1.91. The van der Waals surface area contributed by atoms with Crippen LogP contribution in [0.3, 0.4) is 0 Å². The minimum absolute atomic E-state index is 0.0334. The highest BCUT2D eigenvalue weighted by atomic mass is 16.5. The molecule has 0 heterocycles. The summed E-state index contributed by atoms with van der Waals surface area (Å²) >= 11 is 0. The molecule has 1 aromatic carbocycles. The fourth-order valence-electron chi connectivity index (χ4n) is 3.35. The Labute approximate surface area is 144 Å². The third-order valence-electron chi connectivity index (χ3n) is 4.61. The van der Waals surface area contributed by atoms with Gasteiger partial charge in [0.25, 0.3) is 0 Å². The lowest BCUT2D eigenvalue weighted by atomic mass is 9.96. The van der Waals surface area contributed by atoms with Crippen molar-refractivity contribution in [2.45, 2.75) is 57.4 Å². The average molecular weight is 335 g/mol. The smallest absolute Gasteiger partial charge is 0.224 e. The molecule has 0 bridgehead atoms. The lowest BCUT2D eigenvalue weighted by Gasteiger charge is -2.21. The normalized spacial score (nSPS) is 16.0. The predicted octanol–water partition coefficient (Wildman–Crippen LogP) is 3.48. The quantitative estimate of drug-likeness (QED) is 0.865. The molecule has 0 radical (unpaired) electrons. The lowest BCUT2D eigenvalue weighted by Crippen LogP contribution is -2.36. The van der Waals surface area contributed by atoms with Crippen molar-refractivity contribution in [3.63, 3.8) is 0 Å². The van der Waals surface area contributed by atoms with Crippen LogP contribution < -0.4 is 19.5 Å². The summed E-state index contributed by atoms with van der Waals surface area (Å²) < 4.78 is 16.1. The molecule has 0 unspecified atom stereocenters. The monoisotopic (exact) mass is 335 g/mol. The van der Waals surface area contributed by atoms with E-state index < -0.39 is 0 Å². The van der Waals surface area contributed by atoms with Crippen LogP contribution in [-0.4, -0.2) is 33.3 Å². The van der Waals surface area contributed by atoms with Crippen LogP contribution >= 0.6 is 0 Å². The molecule has 5 nitrogen and oxygen atoms in total. The minimum Gasteiger partial charge on any atom is -0.493 e. The second-order valence-electron chi connectivity index (χ2n) is 6.28. The molecular weight excluding hydrogens is 306 g/mol. The van der Waals surface area contributed by atoms with Crippen molar-refractivity contribution in [1.29, 1.82) is 0 Å². The zero-order valence-electron chi connectivity index (χ0n) is 15.0. The summed E-state index contributed by atoms with van der Waals surface area (Å²) in [7, 11) is 4.73. The topological polar surface area (TPSA) is 56.8 Å². The van der Waals surface area contributed by atoms with Crippen LogP contribution in [-0.2, 0) is 11.2 Å². The minimum atomic E-state index is 0.0334. The number of hydrogen-bond acceptors (Lipinski definition) is 4. The Kier molecular flexibility index (Phi) is 7.22. The summed E-state index contributed by atoms with van der Waals surface area (Å²) in [5.41, 5.74) is 0.804. The molecule has 1 fully saturated rings. The first-order valence-corrected chi connectivity index (χ1v) is 8.76. The van der Waals surface area contributed by atoms with Crippen LogP contribution in [0.1, 0.15) is 50.5 Å². The third kappa shape index (κ3) is 4.79. The van der Waals surface area contributed by atoms with Crippen molar-refractivity contribution in [1.82, 2.24) is 5.32 Å². The molecule has 1 aromatic rings. The zero-order chi connectivity index (χ0) is 17.4. The van der Waals surface area contributed by atoms with E-state index in [9.17, 15) is 4.79 Å². The molecule has 24 heavy (non-hydrogen) atoms. The average Bonchev–Trinajstić information content (AvgIpc) is 2.56. The summed E-state index contributed by atoms with van der Waals surface area (Å²) in [5, 5.41) is 3.19. The lowest BCUT2D eigenvalue weighted by molar-refractivity contribution is -0.121. The Balaban J connectivity index is 2.05. The first-order valence-electron chi connectivity index (χ1n) is 8.76. The van der Waals surface area contributed by atoms with Gasteiger partial charge in [0.2, 0.25) is 11.7 Å². The van der Waals surface area contributed by atoms with Crippen LogP contribution in [0.2, 0.25) is 0 Å².